The van der Waals surface area contributed by atoms with Crippen LogP contribution in [0.2, 0.25) is 0 Å². The van der Waals surface area contributed by atoms with Gasteiger partial charge in [-0.3, -0.25) is 4.99 Å². The normalized spacial score (nSPS) is 12.2. The highest BCUT2D eigenvalue weighted by molar-refractivity contribution is 14.0. The Labute approximate surface area is 168 Å². The van der Waals surface area contributed by atoms with E-state index in [9.17, 15) is 13.2 Å². The maximum atomic E-state index is 12.5. The summed E-state index contributed by atoms with van der Waals surface area (Å²) in [5, 5.41) is 7.82. The van der Waals surface area contributed by atoms with E-state index < -0.39 is 11.9 Å². The molecule has 0 amide bonds. The molecule has 1 aromatic rings. The van der Waals surface area contributed by atoms with Crippen LogP contribution in [0.3, 0.4) is 0 Å². The van der Waals surface area contributed by atoms with Crippen molar-refractivity contribution in [3.8, 4) is 0 Å². The molecule has 1 rings (SSSR count). The first kappa shape index (κ1) is 24.4. The van der Waals surface area contributed by atoms with Crippen molar-refractivity contribution in [1.82, 2.24) is 20.5 Å². The van der Waals surface area contributed by atoms with Gasteiger partial charge in [0.25, 0.3) is 0 Å². The van der Waals surface area contributed by atoms with Crippen LogP contribution < -0.4 is 10.6 Å². The Morgan fingerprint density at radius 2 is 1.92 bits per heavy atom. The van der Waals surface area contributed by atoms with Gasteiger partial charge >= 0.3 is 6.18 Å². The summed E-state index contributed by atoms with van der Waals surface area (Å²) in [5.41, 5.74) is -0.819. The molecule has 0 atom stereocenters. The number of rotatable bonds is 9. The van der Waals surface area contributed by atoms with Gasteiger partial charge in [-0.05, 0) is 19.5 Å². The van der Waals surface area contributed by atoms with E-state index in [4.69, 9.17) is 0 Å². The van der Waals surface area contributed by atoms with Gasteiger partial charge in [0.1, 0.15) is 0 Å². The topological polar surface area (TPSA) is 52.5 Å². The van der Waals surface area contributed by atoms with Crippen LogP contribution in [-0.4, -0.2) is 55.6 Å². The molecule has 0 fully saturated rings. The molecule has 0 aromatic carbocycles. The van der Waals surface area contributed by atoms with E-state index in [0.29, 0.717) is 23.9 Å². The maximum absolute atomic E-state index is 12.5. The fourth-order valence-electron chi connectivity index (χ4n) is 2.14. The molecule has 0 unspecified atom stereocenters. The molecule has 1 heterocycles. The van der Waals surface area contributed by atoms with Crippen LogP contribution in [0.15, 0.2) is 10.4 Å². The Hall–Kier alpha value is -0.620. The first-order chi connectivity index (χ1) is 11.4. The molecule has 0 bridgehead atoms. The van der Waals surface area contributed by atoms with Crippen molar-refractivity contribution in [2.75, 3.05) is 39.8 Å². The number of alkyl halides is 3. The second kappa shape index (κ2) is 12.7. The fraction of sp³-hybridized carbons (Fsp3) is 0.733. The van der Waals surface area contributed by atoms with Crippen LogP contribution in [0.1, 0.15) is 31.0 Å². The number of halogens is 4. The third-order valence-electron chi connectivity index (χ3n) is 3.40. The van der Waals surface area contributed by atoms with Crippen LogP contribution in [-0.2, 0) is 12.6 Å². The minimum atomic E-state index is -4.37. The van der Waals surface area contributed by atoms with E-state index in [0.717, 1.165) is 49.3 Å². The first-order valence-corrected chi connectivity index (χ1v) is 8.97. The van der Waals surface area contributed by atoms with Crippen LogP contribution in [0.25, 0.3) is 0 Å². The summed E-state index contributed by atoms with van der Waals surface area (Å²) >= 11 is 1.03. The summed E-state index contributed by atoms with van der Waals surface area (Å²) in [6, 6.07) is 0. The molecule has 0 spiro atoms. The average Bonchev–Trinajstić information content (AvgIpc) is 3.01. The molecule has 25 heavy (non-hydrogen) atoms. The highest BCUT2D eigenvalue weighted by Gasteiger charge is 2.33. The average molecular weight is 493 g/mol. The molecule has 0 saturated heterocycles. The highest BCUT2D eigenvalue weighted by Crippen LogP contribution is 2.29. The molecule has 0 aliphatic carbocycles. The van der Waals surface area contributed by atoms with Gasteiger partial charge in [0.2, 0.25) is 0 Å². The summed E-state index contributed by atoms with van der Waals surface area (Å²) in [4.78, 5) is 10.1. The van der Waals surface area contributed by atoms with E-state index in [2.05, 4.69) is 39.4 Å². The Balaban J connectivity index is 0.00000576. The van der Waals surface area contributed by atoms with Gasteiger partial charge in [-0.1, -0.05) is 13.8 Å². The molecule has 0 aliphatic rings. The molecule has 10 heteroatoms. The molecule has 146 valence electrons. The molecule has 0 aliphatic heterocycles. The minimum Gasteiger partial charge on any atom is -0.356 e. The molecule has 0 saturated carbocycles. The maximum Gasteiger partial charge on any atom is 0.434 e. The Morgan fingerprint density at radius 3 is 2.44 bits per heavy atom. The monoisotopic (exact) mass is 493 g/mol. The van der Waals surface area contributed by atoms with Crippen molar-refractivity contribution in [2.45, 2.75) is 32.9 Å². The summed E-state index contributed by atoms with van der Waals surface area (Å²) in [6.07, 6.45) is -2.82. The Bertz CT molecular complexity index is 508. The third kappa shape index (κ3) is 9.59. The van der Waals surface area contributed by atoms with Crippen molar-refractivity contribution >= 4 is 41.3 Å². The number of hydrogen-bond acceptors (Lipinski definition) is 4. The third-order valence-corrected chi connectivity index (χ3v) is 4.31. The lowest BCUT2D eigenvalue weighted by Crippen LogP contribution is -2.42. The molecule has 0 radical (unpaired) electrons. The number of aliphatic imine (C=N–C) groups is 1. The van der Waals surface area contributed by atoms with Gasteiger partial charge in [-0.2, -0.15) is 13.2 Å². The van der Waals surface area contributed by atoms with Gasteiger partial charge in [-0.15, -0.1) is 35.3 Å². The molecule has 5 nitrogen and oxygen atoms in total. The molecule has 2 N–H and O–H groups in total. The number of aromatic nitrogens is 1. The van der Waals surface area contributed by atoms with Crippen LogP contribution in [0.4, 0.5) is 13.2 Å². The van der Waals surface area contributed by atoms with Gasteiger partial charge in [0.05, 0.1) is 5.01 Å². The summed E-state index contributed by atoms with van der Waals surface area (Å²) in [6.45, 7) is 8.53. The number of nitrogens with one attached hydrogen (secondary N) is 2. The zero-order chi connectivity index (χ0) is 18.0. The number of thiazole rings is 1. The zero-order valence-corrected chi connectivity index (χ0v) is 18.0. The standard InChI is InChI=1S/C15H26F3N5S.HI/c1-4-9-23(5-2)10-8-21-14(19-3)20-7-6-13-22-12(11-24-13)15(16,17)18;/h11H,4-10H2,1-3H3,(H2,19,20,21);1H. The first-order valence-electron chi connectivity index (χ1n) is 8.09. The van der Waals surface area contributed by atoms with E-state index in [1.165, 1.54) is 0 Å². The summed E-state index contributed by atoms with van der Waals surface area (Å²) < 4.78 is 37.5. The van der Waals surface area contributed by atoms with E-state index in [1.807, 2.05) is 0 Å². The Morgan fingerprint density at radius 1 is 1.24 bits per heavy atom. The van der Waals surface area contributed by atoms with Crippen molar-refractivity contribution in [2.24, 2.45) is 4.99 Å². The van der Waals surface area contributed by atoms with Crippen molar-refractivity contribution in [1.29, 1.82) is 0 Å². The lowest BCUT2D eigenvalue weighted by Gasteiger charge is -2.20. The van der Waals surface area contributed by atoms with Crippen molar-refractivity contribution in [3.63, 3.8) is 0 Å². The van der Waals surface area contributed by atoms with E-state index in [1.54, 1.807) is 7.05 Å². The highest BCUT2D eigenvalue weighted by atomic mass is 127. The van der Waals surface area contributed by atoms with Crippen LogP contribution in [0, 0.1) is 0 Å². The lowest BCUT2D eigenvalue weighted by molar-refractivity contribution is -0.140. The van der Waals surface area contributed by atoms with Crippen LogP contribution in [0.5, 0.6) is 0 Å². The number of nitrogens with zero attached hydrogens (tertiary/aromatic N) is 3. The second-order valence-electron chi connectivity index (χ2n) is 5.23. The minimum absolute atomic E-state index is 0. The number of hydrogen-bond donors (Lipinski definition) is 2. The van der Waals surface area contributed by atoms with E-state index in [-0.39, 0.29) is 24.0 Å². The molecule has 1 aromatic heterocycles. The van der Waals surface area contributed by atoms with Crippen molar-refractivity contribution < 1.29 is 13.2 Å². The molecular weight excluding hydrogens is 466 g/mol. The zero-order valence-electron chi connectivity index (χ0n) is 14.8. The number of likely N-dealkylation sites (N-methyl/N-ethyl adjacent to an activating group) is 1. The predicted molar refractivity (Wildman–Crippen MR) is 108 cm³/mol. The second-order valence-corrected chi connectivity index (χ2v) is 6.18. The van der Waals surface area contributed by atoms with Crippen LogP contribution >= 0.6 is 35.3 Å². The number of guanidine groups is 1. The largest absolute Gasteiger partial charge is 0.434 e. The summed E-state index contributed by atoms with van der Waals surface area (Å²) in [5.74, 6) is 0.648. The van der Waals surface area contributed by atoms with Gasteiger partial charge < -0.3 is 15.5 Å². The van der Waals surface area contributed by atoms with Crippen molar-refractivity contribution in [3.05, 3.63) is 16.1 Å². The van der Waals surface area contributed by atoms with Gasteiger partial charge in [0.15, 0.2) is 11.7 Å². The van der Waals surface area contributed by atoms with E-state index >= 15 is 0 Å². The smallest absolute Gasteiger partial charge is 0.356 e. The SMILES string of the molecule is CCCN(CC)CCNC(=NC)NCCc1nc(C(F)(F)F)cs1.I. The van der Waals surface area contributed by atoms with Gasteiger partial charge in [0, 0.05) is 38.5 Å². The Kier molecular flexibility index (Phi) is 12.4. The molecular formula is C15H27F3IN5S. The van der Waals surface area contributed by atoms with Gasteiger partial charge in [-0.25, -0.2) is 4.98 Å². The predicted octanol–water partition coefficient (Wildman–Crippen LogP) is 3.22. The summed E-state index contributed by atoms with van der Waals surface area (Å²) in [7, 11) is 1.67. The lowest BCUT2D eigenvalue weighted by atomic mass is 10.4. The quantitative estimate of drug-likeness (QED) is 0.315. The fourth-order valence-corrected chi connectivity index (χ4v) is 2.95.